The Morgan fingerprint density at radius 1 is 1.42 bits per heavy atom. The number of hydrogen-bond donors (Lipinski definition) is 1. The van der Waals surface area contributed by atoms with Gasteiger partial charge in [-0.05, 0) is 18.2 Å². The van der Waals surface area contributed by atoms with E-state index < -0.39 is 5.82 Å². The zero-order valence-electron chi connectivity index (χ0n) is 10.4. The van der Waals surface area contributed by atoms with Gasteiger partial charge in [-0.3, -0.25) is 0 Å². The van der Waals surface area contributed by atoms with Crippen LogP contribution >= 0.6 is 11.6 Å². The molecular formula is C12H14ClFN4O. The highest BCUT2D eigenvalue weighted by Crippen LogP contribution is 2.27. The third-order valence-corrected chi connectivity index (χ3v) is 3.01. The van der Waals surface area contributed by atoms with Crippen molar-refractivity contribution in [1.29, 1.82) is 0 Å². The number of rotatable bonds is 5. The van der Waals surface area contributed by atoms with E-state index in [4.69, 9.17) is 22.1 Å². The highest BCUT2D eigenvalue weighted by atomic mass is 35.5. The lowest BCUT2D eigenvalue weighted by Crippen LogP contribution is -2.12. The van der Waals surface area contributed by atoms with Crippen LogP contribution in [0.2, 0.25) is 5.02 Å². The number of hydrogen-bond acceptors (Lipinski definition) is 4. The number of benzene rings is 1. The van der Waals surface area contributed by atoms with Crippen molar-refractivity contribution in [3.8, 4) is 11.4 Å². The molecule has 1 aromatic carbocycles. The van der Waals surface area contributed by atoms with E-state index in [0.29, 0.717) is 30.4 Å². The Labute approximate surface area is 115 Å². The maximum absolute atomic E-state index is 13.1. The topological polar surface area (TPSA) is 66.0 Å². The Bertz CT molecular complexity index is 573. The molecule has 1 aromatic heterocycles. The molecule has 0 saturated heterocycles. The van der Waals surface area contributed by atoms with Crippen LogP contribution in [0.3, 0.4) is 0 Å². The predicted octanol–water partition coefficient (Wildman–Crippen LogP) is 1.84. The van der Waals surface area contributed by atoms with Crippen molar-refractivity contribution in [1.82, 2.24) is 14.8 Å². The first-order valence-corrected chi connectivity index (χ1v) is 6.11. The summed E-state index contributed by atoms with van der Waals surface area (Å²) in [5.74, 6) is 0.797. The molecule has 0 radical (unpaired) electrons. The second-order valence-corrected chi connectivity index (χ2v) is 4.32. The molecule has 2 rings (SSSR count). The minimum atomic E-state index is -0.393. The first-order chi connectivity index (χ1) is 9.17. The van der Waals surface area contributed by atoms with Gasteiger partial charge in [0, 0.05) is 19.2 Å². The lowest BCUT2D eigenvalue weighted by molar-refractivity contribution is 0.186. The van der Waals surface area contributed by atoms with Gasteiger partial charge in [0.05, 0.1) is 18.2 Å². The SMILES string of the molecule is COCCn1c(CN)nnc1-c1ccc(F)cc1Cl. The molecule has 1 heterocycles. The Morgan fingerprint density at radius 2 is 2.21 bits per heavy atom. The van der Waals surface area contributed by atoms with Crippen LogP contribution in [0.5, 0.6) is 0 Å². The summed E-state index contributed by atoms with van der Waals surface area (Å²) in [6.07, 6.45) is 0. The second-order valence-electron chi connectivity index (χ2n) is 3.91. The van der Waals surface area contributed by atoms with Crippen LogP contribution in [0.1, 0.15) is 5.82 Å². The zero-order chi connectivity index (χ0) is 13.8. The van der Waals surface area contributed by atoms with Gasteiger partial charge < -0.3 is 15.0 Å². The number of aromatic nitrogens is 3. The summed E-state index contributed by atoms with van der Waals surface area (Å²) in [4.78, 5) is 0. The Morgan fingerprint density at radius 3 is 2.84 bits per heavy atom. The first kappa shape index (κ1) is 13.9. The van der Waals surface area contributed by atoms with Crippen LogP contribution in [0.4, 0.5) is 4.39 Å². The van der Waals surface area contributed by atoms with Crippen molar-refractivity contribution >= 4 is 11.6 Å². The van der Waals surface area contributed by atoms with Crippen LogP contribution < -0.4 is 5.73 Å². The van der Waals surface area contributed by atoms with Gasteiger partial charge in [0.15, 0.2) is 5.82 Å². The van der Waals surface area contributed by atoms with E-state index in [1.54, 1.807) is 13.2 Å². The largest absolute Gasteiger partial charge is 0.383 e. The Hall–Kier alpha value is -1.50. The van der Waals surface area contributed by atoms with Gasteiger partial charge in [0.2, 0.25) is 0 Å². The Balaban J connectivity index is 2.46. The number of ether oxygens (including phenoxy) is 1. The molecule has 2 aromatic rings. The molecule has 0 spiro atoms. The monoisotopic (exact) mass is 284 g/mol. The fraction of sp³-hybridized carbons (Fsp3) is 0.333. The molecule has 0 bridgehead atoms. The predicted molar refractivity (Wildman–Crippen MR) is 70.2 cm³/mol. The fourth-order valence-electron chi connectivity index (χ4n) is 1.77. The van der Waals surface area contributed by atoms with Crippen LogP contribution in [-0.2, 0) is 17.8 Å². The smallest absolute Gasteiger partial charge is 0.165 e. The summed E-state index contributed by atoms with van der Waals surface area (Å²) in [5, 5.41) is 8.37. The van der Waals surface area contributed by atoms with E-state index in [-0.39, 0.29) is 11.6 Å². The molecule has 7 heteroatoms. The summed E-state index contributed by atoms with van der Waals surface area (Å²) in [7, 11) is 1.61. The maximum atomic E-state index is 13.1. The first-order valence-electron chi connectivity index (χ1n) is 5.74. The minimum Gasteiger partial charge on any atom is -0.383 e. The van der Waals surface area contributed by atoms with E-state index in [0.717, 1.165) is 0 Å². The standard InChI is InChI=1S/C12H14ClFN4O/c1-19-5-4-18-11(7-15)16-17-12(18)9-3-2-8(14)6-10(9)13/h2-3,6H,4-5,7,15H2,1H3. The van der Waals surface area contributed by atoms with Gasteiger partial charge in [-0.1, -0.05) is 11.6 Å². The molecule has 0 aliphatic rings. The molecule has 0 unspecified atom stereocenters. The van der Waals surface area contributed by atoms with Crippen LogP contribution in [0.25, 0.3) is 11.4 Å². The Kier molecular flexibility index (Phi) is 4.47. The third kappa shape index (κ3) is 2.91. The van der Waals surface area contributed by atoms with Gasteiger partial charge >= 0.3 is 0 Å². The van der Waals surface area contributed by atoms with Crippen molar-refractivity contribution in [2.24, 2.45) is 5.73 Å². The van der Waals surface area contributed by atoms with E-state index in [9.17, 15) is 4.39 Å². The van der Waals surface area contributed by atoms with Crippen LogP contribution in [0.15, 0.2) is 18.2 Å². The average molecular weight is 285 g/mol. The molecule has 0 aliphatic heterocycles. The summed E-state index contributed by atoms with van der Waals surface area (Å²) in [6, 6.07) is 4.15. The summed E-state index contributed by atoms with van der Waals surface area (Å²) in [6.45, 7) is 1.31. The lowest BCUT2D eigenvalue weighted by Gasteiger charge is -2.10. The van der Waals surface area contributed by atoms with Gasteiger partial charge in [0.1, 0.15) is 11.6 Å². The van der Waals surface area contributed by atoms with E-state index in [2.05, 4.69) is 10.2 Å². The van der Waals surface area contributed by atoms with E-state index in [1.165, 1.54) is 12.1 Å². The van der Waals surface area contributed by atoms with Crippen LogP contribution in [-0.4, -0.2) is 28.5 Å². The van der Waals surface area contributed by atoms with Crippen LogP contribution in [0, 0.1) is 5.82 Å². The van der Waals surface area contributed by atoms with Gasteiger partial charge in [0.25, 0.3) is 0 Å². The highest BCUT2D eigenvalue weighted by Gasteiger charge is 2.15. The summed E-state index contributed by atoms with van der Waals surface area (Å²) in [5.41, 5.74) is 6.24. The molecular weight excluding hydrogens is 271 g/mol. The van der Waals surface area contributed by atoms with Gasteiger partial charge in [-0.2, -0.15) is 0 Å². The quantitative estimate of drug-likeness (QED) is 0.910. The molecule has 19 heavy (non-hydrogen) atoms. The molecule has 0 saturated carbocycles. The molecule has 0 atom stereocenters. The molecule has 0 amide bonds. The van der Waals surface area contributed by atoms with E-state index >= 15 is 0 Å². The second kappa shape index (κ2) is 6.10. The van der Waals surface area contributed by atoms with Crippen molar-refractivity contribution in [2.75, 3.05) is 13.7 Å². The van der Waals surface area contributed by atoms with Gasteiger partial charge in [-0.25, -0.2) is 4.39 Å². The third-order valence-electron chi connectivity index (χ3n) is 2.70. The molecule has 102 valence electrons. The minimum absolute atomic E-state index is 0.259. The number of nitrogens with zero attached hydrogens (tertiary/aromatic N) is 3. The number of methoxy groups -OCH3 is 1. The zero-order valence-corrected chi connectivity index (χ0v) is 11.2. The van der Waals surface area contributed by atoms with E-state index in [1.807, 2.05) is 4.57 Å². The normalized spacial score (nSPS) is 10.9. The lowest BCUT2D eigenvalue weighted by atomic mass is 10.2. The maximum Gasteiger partial charge on any atom is 0.165 e. The number of nitrogens with two attached hydrogens (primary N) is 1. The number of halogens is 2. The van der Waals surface area contributed by atoms with Gasteiger partial charge in [-0.15, -0.1) is 10.2 Å². The molecule has 0 aliphatic carbocycles. The highest BCUT2D eigenvalue weighted by molar-refractivity contribution is 6.33. The average Bonchev–Trinajstić information content (AvgIpc) is 2.79. The van der Waals surface area contributed by atoms with Crippen molar-refractivity contribution in [3.05, 3.63) is 34.9 Å². The van der Waals surface area contributed by atoms with Crippen molar-refractivity contribution in [2.45, 2.75) is 13.1 Å². The van der Waals surface area contributed by atoms with Crippen molar-refractivity contribution in [3.63, 3.8) is 0 Å². The molecule has 5 nitrogen and oxygen atoms in total. The molecule has 2 N–H and O–H groups in total. The summed E-state index contributed by atoms with van der Waals surface area (Å²) < 4.78 is 19.9. The summed E-state index contributed by atoms with van der Waals surface area (Å²) >= 11 is 6.04. The molecule has 0 fully saturated rings. The van der Waals surface area contributed by atoms with Crippen molar-refractivity contribution < 1.29 is 9.13 Å². The fourth-order valence-corrected chi connectivity index (χ4v) is 2.03.